The standard InChI is InChI=1S/C13H15ClN2/c14-12-3-1-2-4-13(12)16-11-7-5-10(9-15)6-8-11/h1-4,10-11,16H,5-8H2. The third-order valence-corrected chi connectivity index (χ3v) is 3.47. The molecule has 1 aliphatic rings. The summed E-state index contributed by atoms with van der Waals surface area (Å²) in [6.45, 7) is 0. The van der Waals surface area contributed by atoms with Crippen molar-refractivity contribution in [2.75, 3.05) is 5.32 Å². The molecule has 0 spiro atoms. The van der Waals surface area contributed by atoms with Crippen LogP contribution in [0.1, 0.15) is 25.7 Å². The fraction of sp³-hybridized carbons (Fsp3) is 0.462. The van der Waals surface area contributed by atoms with Gasteiger partial charge in [-0.2, -0.15) is 5.26 Å². The van der Waals surface area contributed by atoms with Crippen molar-refractivity contribution in [2.45, 2.75) is 31.7 Å². The van der Waals surface area contributed by atoms with E-state index >= 15 is 0 Å². The molecule has 0 bridgehead atoms. The van der Waals surface area contributed by atoms with E-state index in [-0.39, 0.29) is 5.92 Å². The van der Waals surface area contributed by atoms with E-state index in [0.29, 0.717) is 6.04 Å². The summed E-state index contributed by atoms with van der Waals surface area (Å²) in [6, 6.07) is 10.6. The fourth-order valence-corrected chi connectivity index (χ4v) is 2.36. The number of benzene rings is 1. The van der Waals surface area contributed by atoms with Crippen LogP contribution in [-0.2, 0) is 0 Å². The Kier molecular flexibility index (Phi) is 3.69. The molecule has 0 saturated heterocycles. The van der Waals surface area contributed by atoms with Crippen LogP contribution in [0.3, 0.4) is 0 Å². The molecule has 0 unspecified atom stereocenters. The van der Waals surface area contributed by atoms with E-state index in [9.17, 15) is 0 Å². The van der Waals surface area contributed by atoms with Crippen molar-refractivity contribution in [3.63, 3.8) is 0 Å². The maximum Gasteiger partial charge on any atom is 0.0655 e. The summed E-state index contributed by atoms with van der Waals surface area (Å²) < 4.78 is 0. The average Bonchev–Trinajstić information content (AvgIpc) is 2.33. The number of anilines is 1. The quantitative estimate of drug-likeness (QED) is 0.844. The summed E-state index contributed by atoms with van der Waals surface area (Å²) in [5, 5.41) is 13.0. The molecule has 84 valence electrons. The molecule has 1 fully saturated rings. The van der Waals surface area contributed by atoms with Gasteiger partial charge in [0.05, 0.1) is 16.8 Å². The maximum atomic E-state index is 8.82. The smallest absolute Gasteiger partial charge is 0.0655 e. The van der Waals surface area contributed by atoms with E-state index in [0.717, 1.165) is 36.4 Å². The van der Waals surface area contributed by atoms with Crippen molar-refractivity contribution in [3.8, 4) is 6.07 Å². The second-order valence-corrected chi connectivity index (χ2v) is 4.71. The van der Waals surface area contributed by atoms with Crippen molar-refractivity contribution in [2.24, 2.45) is 5.92 Å². The SMILES string of the molecule is N#CC1CCC(Nc2ccccc2Cl)CC1. The number of hydrogen-bond acceptors (Lipinski definition) is 2. The molecular formula is C13H15ClN2. The molecule has 0 heterocycles. The van der Waals surface area contributed by atoms with Gasteiger partial charge in [-0.05, 0) is 37.8 Å². The third-order valence-electron chi connectivity index (χ3n) is 3.14. The van der Waals surface area contributed by atoms with Crippen LogP contribution in [0.5, 0.6) is 0 Å². The van der Waals surface area contributed by atoms with Crippen molar-refractivity contribution in [1.82, 2.24) is 0 Å². The van der Waals surface area contributed by atoms with Crippen molar-refractivity contribution < 1.29 is 0 Å². The molecule has 1 saturated carbocycles. The predicted octanol–water partition coefficient (Wildman–Crippen LogP) is 3.83. The molecule has 0 amide bonds. The van der Waals surface area contributed by atoms with E-state index in [1.165, 1.54) is 0 Å². The molecule has 3 heteroatoms. The minimum Gasteiger partial charge on any atom is -0.381 e. The largest absolute Gasteiger partial charge is 0.381 e. The maximum absolute atomic E-state index is 8.82. The highest BCUT2D eigenvalue weighted by atomic mass is 35.5. The number of rotatable bonds is 2. The molecular weight excluding hydrogens is 220 g/mol. The van der Waals surface area contributed by atoms with Crippen LogP contribution in [0.25, 0.3) is 0 Å². The number of para-hydroxylation sites is 1. The zero-order valence-electron chi connectivity index (χ0n) is 9.12. The Labute approximate surface area is 101 Å². The molecule has 2 nitrogen and oxygen atoms in total. The lowest BCUT2D eigenvalue weighted by Gasteiger charge is -2.26. The van der Waals surface area contributed by atoms with E-state index in [1.807, 2.05) is 24.3 Å². The highest BCUT2D eigenvalue weighted by molar-refractivity contribution is 6.33. The molecule has 2 rings (SSSR count). The van der Waals surface area contributed by atoms with Crippen LogP contribution in [0.15, 0.2) is 24.3 Å². The van der Waals surface area contributed by atoms with Gasteiger partial charge in [-0.15, -0.1) is 0 Å². The number of nitriles is 1. The molecule has 0 radical (unpaired) electrons. The minimum absolute atomic E-state index is 0.254. The predicted molar refractivity (Wildman–Crippen MR) is 66.4 cm³/mol. The summed E-state index contributed by atoms with van der Waals surface area (Å²) in [5.41, 5.74) is 1.00. The molecule has 0 aromatic heterocycles. The molecule has 1 N–H and O–H groups in total. The average molecular weight is 235 g/mol. The van der Waals surface area contributed by atoms with Crippen molar-refractivity contribution >= 4 is 17.3 Å². The third kappa shape index (κ3) is 2.68. The zero-order chi connectivity index (χ0) is 11.4. The molecule has 1 aromatic carbocycles. The van der Waals surface area contributed by atoms with Gasteiger partial charge < -0.3 is 5.32 Å². The van der Waals surface area contributed by atoms with Gasteiger partial charge >= 0.3 is 0 Å². The molecule has 0 aliphatic heterocycles. The molecule has 16 heavy (non-hydrogen) atoms. The highest BCUT2D eigenvalue weighted by Gasteiger charge is 2.20. The van der Waals surface area contributed by atoms with Crippen LogP contribution in [0, 0.1) is 17.2 Å². The first-order valence-corrected chi connectivity index (χ1v) is 6.08. The van der Waals surface area contributed by atoms with E-state index in [2.05, 4.69) is 11.4 Å². The monoisotopic (exact) mass is 234 g/mol. The van der Waals surface area contributed by atoms with Crippen molar-refractivity contribution in [1.29, 1.82) is 5.26 Å². The van der Waals surface area contributed by atoms with E-state index in [1.54, 1.807) is 0 Å². The van der Waals surface area contributed by atoms with Crippen LogP contribution < -0.4 is 5.32 Å². The first-order chi connectivity index (χ1) is 7.79. The lowest BCUT2D eigenvalue weighted by molar-refractivity contribution is 0.397. The number of nitrogens with one attached hydrogen (secondary N) is 1. The van der Waals surface area contributed by atoms with Gasteiger partial charge in [-0.25, -0.2) is 0 Å². The Bertz CT molecular complexity index is 389. The number of hydrogen-bond donors (Lipinski definition) is 1. The Morgan fingerprint density at radius 2 is 1.88 bits per heavy atom. The Morgan fingerprint density at radius 1 is 1.19 bits per heavy atom. The summed E-state index contributed by atoms with van der Waals surface area (Å²) >= 11 is 6.08. The topological polar surface area (TPSA) is 35.8 Å². The van der Waals surface area contributed by atoms with Gasteiger partial charge in [0.25, 0.3) is 0 Å². The van der Waals surface area contributed by atoms with E-state index in [4.69, 9.17) is 16.9 Å². The van der Waals surface area contributed by atoms with Gasteiger partial charge in [0.15, 0.2) is 0 Å². The highest BCUT2D eigenvalue weighted by Crippen LogP contribution is 2.28. The van der Waals surface area contributed by atoms with Gasteiger partial charge in [0, 0.05) is 12.0 Å². The molecule has 1 aliphatic carbocycles. The van der Waals surface area contributed by atoms with Crippen LogP contribution in [0.2, 0.25) is 5.02 Å². The first-order valence-electron chi connectivity index (χ1n) is 5.70. The summed E-state index contributed by atoms with van der Waals surface area (Å²) in [6.07, 6.45) is 4.12. The van der Waals surface area contributed by atoms with Crippen LogP contribution in [-0.4, -0.2) is 6.04 Å². The van der Waals surface area contributed by atoms with Crippen LogP contribution in [0.4, 0.5) is 5.69 Å². The lowest BCUT2D eigenvalue weighted by atomic mass is 9.87. The number of nitrogens with zero attached hydrogens (tertiary/aromatic N) is 1. The Balaban J connectivity index is 1.93. The molecule has 1 aromatic rings. The second-order valence-electron chi connectivity index (χ2n) is 4.30. The van der Waals surface area contributed by atoms with Crippen LogP contribution >= 0.6 is 11.6 Å². The summed E-state index contributed by atoms with van der Waals surface area (Å²) in [5.74, 6) is 0.254. The minimum atomic E-state index is 0.254. The first kappa shape index (κ1) is 11.3. The van der Waals surface area contributed by atoms with E-state index < -0.39 is 0 Å². The normalized spacial score (nSPS) is 24.8. The van der Waals surface area contributed by atoms with Crippen molar-refractivity contribution in [3.05, 3.63) is 29.3 Å². The lowest BCUT2D eigenvalue weighted by Crippen LogP contribution is -2.25. The second kappa shape index (κ2) is 5.23. The number of halogens is 1. The van der Waals surface area contributed by atoms with Gasteiger partial charge in [0.1, 0.15) is 0 Å². The fourth-order valence-electron chi connectivity index (χ4n) is 2.17. The zero-order valence-corrected chi connectivity index (χ0v) is 9.87. The van der Waals surface area contributed by atoms with Gasteiger partial charge in [-0.1, -0.05) is 23.7 Å². The molecule has 0 atom stereocenters. The van der Waals surface area contributed by atoms with Gasteiger partial charge in [-0.3, -0.25) is 0 Å². The Morgan fingerprint density at radius 3 is 2.50 bits per heavy atom. The summed E-state index contributed by atoms with van der Waals surface area (Å²) in [4.78, 5) is 0. The Hall–Kier alpha value is -1.20. The van der Waals surface area contributed by atoms with Gasteiger partial charge in [0.2, 0.25) is 0 Å². The summed E-state index contributed by atoms with van der Waals surface area (Å²) in [7, 11) is 0.